The van der Waals surface area contributed by atoms with E-state index in [0.29, 0.717) is 11.6 Å². The molecular formula is C20H24N4O3. The van der Waals surface area contributed by atoms with Crippen LogP contribution in [0.5, 0.6) is 0 Å². The molecule has 142 valence electrons. The summed E-state index contributed by atoms with van der Waals surface area (Å²) in [5, 5.41) is 15.2. The number of carbonyl (C=O) groups is 2. The molecule has 27 heavy (non-hydrogen) atoms. The molecule has 2 N–H and O–H groups in total. The van der Waals surface area contributed by atoms with Crippen LogP contribution in [0, 0.1) is 18.3 Å². The van der Waals surface area contributed by atoms with E-state index in [0.717, 1.165) is 25.7 Å². The highest BCUT2D eigenvalue weighted by molar-refractivity contribution is 5.98. The van der Waals surface area contributed by atoms with Crippen LogP contribution in [0.25, 0.3) is 5.88 Å². The third kappa shape index (κ3) is 4.40. The van der Waals surface area contributed by atoms with E-state index in [9.17, 15) is 14.9 Å². The van der Waals surface area contributed by atoms with Crippen LogP contribution in [0.2, 0.25) is 0 Å². The molecule has 2 heterocycles. The molecule has 3 rings (SSSR count). The molecule has 7 heteroatoms. The van der Waals surface area contributed by atoms with Gasteiger partial charge in [0.05, 0.1) is 0 Å². The van der Waals surface area contributed by atoms with Gasteiger partial charge in [-0.1, -0.05) is 19.3 Å². The first-order chi connectivity index (χ1) is 13.1. The highest BCUT2D eigenvalue weighted by Gasteiger charge is 2.24. The molecule has 1 saturated carbocycles. The van der Waals surface area contributed by atoms with E-state index in [1.807, 2.05) is 12.1 Å². The van der Waals surface area contributed by atoms with E-state index < -0.39 is 5.91 Å². The first kappa shape index (κ1) is 18.8. The molecule has 0 unspecified atom stereocenters. The number of carbonyl (C=O) groups excluding carboxylic acids is 2. The predicted octanol–water partition coefficient (Wildman–Crippen LogP) is 2.82. The third-order valence-corrected chi connectivity index (χ3v) is 4.85. The molecule has 0 atom stereocenters. The first-order valence-corrected chi connectivity index (χ1v) is 9.34. The standard InChI is InChI=1S/C20H24N4O3/c1-14-18(16(13-21)20(27-14)24-11-5-6-12-24)19(26)22-10-9-17(25)23-15-7-3-2-4-8-15/h5-6,11-12,15H,2-4,7-10H2,1H3,(H,22,26)(H,23,25). The second kappa shape index (κ2) is 8.58. The largest absolute Gasteiger partial charge is 0.443 e. The zero-order chi connectivity index (χ0) is 19.2. The van der Waals surface area contributed by atoms with Gasteiger partial charge in [-0.25, -0.2) is 0 Å². The van der Waals surface area contributed by atoms with Gasteiger partial charge >= 0.3 is 0 Å². The maximum absolute atomic E-state index is 12.5. The summed E-state index contributed by atoms with van der Waals surface area (Å²) in [7, 11) is 0. The van der Waals surface area contributed by atoms with Crippen LogP contribution < -0.4 is 10.6 Å². The normalized spacial score (nSPS) is 14.5. The summed E-state index contributed by atoms with van der Waals surface area (Å²) < 4.78 is 7.28. The molecular weight excluding hydrogens is 344 g/mol. The minimum atomic E-state index is -0.406. The summed E-state index contributed by atoms with van der Waals surface area (Å²) in [5.41, 5.74) is 0.404. The Morgan fingerprint density at radius 2 is 1.96 bits per heavy atom. The molecule has 1 aliphatic carbocycles. The Balaban J connectivity index is 1.58. The zero-order valence-corrected chi connectivity index (χ0v) is 15.5. The minimum Gasteiger partial charge on any atom is -0.443 e. The molecule has 1 aliphatic rings. The minimum absolute atomic E-state index is 0.0559. The number of hydrogen-bond donors (Lipinski definition) is 2. The van der Waals surface area contributed by atoms with E-state index in [4.69, 9.17) is 4.42 Å². The number of nitrogens with zero attached hydrogens (tertiary/aromatic N) is 2. The highest BCUT2D eigenvalue weighted by Crippen LogP contribution is 2.25. The van der Waals surface area contributed by atoms with Gasteiger partial charge in [0.1, 0.15) is 23.0 Å². The van der Waals surface area contributed by atoms with E-state index in [1.165, 1.54) is 6.42 Å². The quantitative estimate of drug-likeness (QED) is 0.819. The topological polar surface area (TPSA) is 100 Å². The Hall–Kier alpha value is -3.01. The fourth-order valence-electron chi connectivity index (χ4n) is 3.48. The Labute approximate surface area is 158 Å². The summed E-state index contributed by atoms with van der Waals surface area (Å²) >= 11 is 0. The summed E-state index contributed by atoms with van der Waals surface area (Å²) in [6, 6.07) is 5.93. The average molecular weight is 368 g/mol. The maximum Gasteiger partial charge on any atom is 0.256 e. The van der Waals surface area contributed by atoms with Crippen LogP contribution in [-0.4, -0.2) is 29.0 Å². The van der Waals surface area contributed by atoms with E-state index >= 15 is 0 Å². The van der Waals surface area contributed by atoms with Crippen LogP contribution in [0.4, 0.5) is 0 Å². The molecule has 0 spiro atoms. The molecule has 0 aliphatic heterocycles. The van der Waals surface area contributed by atoms with Crippen LogP contribution in [-0.2, 0) is 4.79 Å². The number of aromatic nitrogens is 1. The molecule has 2 aromatic heterocycles. The van der Waals surface area contributed by atoms with Crippen molar-refractivity contribution in [2.75, 3.05) is 6.54 Å². The molecule has 0 saturated heterocycles. The van der Waals surface area contributed by atoms with Crippen molar-refractivity contribution in [2.45, 2.75) is 51.5 Å². The smallest absolute Gasteiger partial charge is 0.256 e. The van der Waals surface area contributed by atoms with Gasteiger partial charge in [0.15, 0.2) is 0 Å². The molecule has 0 bridgehead atoms. The Bertz CT molecular complexity index is 839. The van der Waals surface area contributed by atoms with Gasteiger partial charge < -0.3 is 15.1 Å². The molecule has 2 aromatic rings. The monoisotopic (exact) mass is 368 g/mol. The van der Waals surface area contributed by atoms with E-state index in [2.05, 4.69) is 16.7 Å². The van der Waals surface area contributed by atoms with Crippen LogP contribution in [0.15, 0.2) is 28.9 Å². The summed E-state index contributed by atoms with van der Waals surface area (Å²) in [4.78, 5) is 24.6. The molecule has 0 aromatic carbocycles. The van der Waals surface area contributed by atoms with Crippen molar-refractivity contribution >= 4 is 11.8 Å². The van der Waals surface area contributed by atoms with Crippen molar-refractivity contribution < 1.29 is 14.0 Å². The fourth-order valence-corrected chi connectivity index (χ4v) is 3.48. The Morgan fingerprint density at radius 1 is 1.26 bits per heavy atom. The lowest BCUT2D eigenvalue weighted by atomic mass is 9.95. The van der Waals surface area contributed by atoms with Crippen molar-refractivity contribution in [2.24, 2.45) is 0 Å². The van der Waals surface area contributed by atoms with Crippen molar-refractivity contribution in [1.82, 2.24) is 15.2 Å². The SMILES string of the molecule is Cc1oc(-n2cccc2)c(C#N)c1C(=O)NCCC(=O)NC1CCCCC1. The number of hydrogen-bond acceptors (Lipinski definition) is 4. The lowest BCUT2D eigenvalue weighted by molar-refractivity contribution is -0.121. The Morgan fingerprint density at radius 3 is 2.63 bits per heavy atom. The van der Waals surface area contributed by atoms with Crippen molar-refractivity contribution in [3.63, 3.8) is 0 Å². The van der Waals surface area contributed by atoms with E-state index in [-0.39, 0.29) is 36.0 Å². The van der Waals surface area contributed by atoms with Gasteiger partial charge in [-0.15, -0.1) is 0 Å². The average Bonchev–Trinajstić information content (AvgIpc) is 3.29. The lowest BCUT2D eigenvalue weighted by Crippen LogP contribution is -2.38. The molecule has 2 amide bonds. The van der Waals surface area contributed by atoms with Gasteiger partial charge in [-0.2, -0.15) is 5.26 Å². The summed E-state index contributed by atoms with van der Waals surface area (Å²) in [5.74, 6) is 0.232. The summed E-state index contributed by atoms with van der Waals surface area (Å²) in [6.07, 6.45) is 9.31. The summed E-state index contributed by atoms with van der Waals surface area (Å²) in [6.45, 7) is 1.87. The molecule has 0 radical (unpaired) electrons. The number of furan rings is 1. The molecule has 1 fully saturated rings. The number of aryl methyl sites for hydroxylation is 1. The van der Waals surface area contributed by atoms with Crippen LogP contribution >= 0.6 is 0 Å². The van der Waals surface area contributed by atoms with Crippen LogP contribution in [0.1, 0.15) is 60.2 Å². The number of nitriles is 1. The van der Waals surface area contributed by atoms with Gasteiger partial charge in [0.2, 0.25) is 11.8 Å². The maximum atomic E-state index is 12.5. The second-order valence-electron chi connectivity index (χ2n) is 6.82. The predicted molar refractivity (Wildman–Crippen MR) is 99.5 cm³/mol. The highest BCUT2D eigenvalue weighted by atomic mass is 16.4. The zero-order valence-electron chi connectivity index (χ0n) is 15.5. The van der Waals surface area contributed by atoms with Gasteiger partial charge in [0.25, 0.3) is 5.91 Å². The second-order valence-corrected chi connectivity index (χ2v) is 6.82. The lowest BCUT2D eigenvalue weighted by Gasteiger charge is -2.22. The van der Waals surface area contributed by atoms with Crippen molar-refractivity contribution in [1.29, 1.82) is 5.26 Å². The third-order valence-electron chi connectivity index (χ3n) is 4.85. The Kier molecular flexibility index (Phi) is 5.97. The number of nitrogens with one attached hydrogen (secondary N) is 2. The fraction of sp³-hybridized carbons (Fsp3) is 0.450. The van der Waals surface area contributed by atoms with E-state index in [1.54, 1.807) is 23.9 Å². The van der Waals surface area contributed by atoms with Crippen LogP contribution in [0.3, 0.4) is 0 Å². The first-order valence-electron chi connectivity index (χ1n) is 9.34. The number of rotatable bonds is 6. The van der Waals surface area contributed by atoms with Crippen molar-refractivity contribution in [3.05, 3.63) is 41.4 Å². The molecule has 7 nitrogen and oxygen atoms in total. The van der Waals surface area contributed by atoms with Crippen molar-refractivity contribution in [3.8, 4) is 12.0 Å². The van der Waals surface area contributed by atoms with Gasteiger partial charge in [-0.3, -0.25) is 14.2 Å². The van der Waals surface area contributed by atoms with Gasteiger partial charge in [-0.05, 0) is 31.9 Å². The number of amides is 2. The van der Waals surface area contributed by atoms with Gasteiger partial charge in [0, 0.05) is 31.4 Å².